The summed E-state index contributed by atoms with van der Waals surface area (Å²) < 4.78 is 6.18. The summed E-state index contributed by atoms with van der Waals surface area (Å²) in [5.41, 5.74) is -0.0127. The highest BCUT2D eigenvalue weighted by Crippen LogP contribution is 2.37. The molecule has 0 spiro atoms. The monoisotopic (exact) mass is 259 g/mol. The predicted molar refractivity (Wildman–Crippen MR) is 75.6 cm³/mol. The first-order valence-corrected chi connectivity index (χ1v) is 9.17. The van der Waals surface area contributed by atoms with Gasteiger partial charge >= 0.3 is 0 Å². The molecule has 0 aromatic carbocycles. The molecule has 102 valence electrons. The van der Waals surface area contributed by atoms with E-state index in [4.69, 9.17) is 4.43 Å². The van der Waals surface area contributed by atoms with Gasteiger partial charge in [-0.05, 0) is 18.1 Å². The van der Waals surface area contributed by atoms with Crippen LogP contribution < -0.4 is 5.32 Å². The van der Waals surface area contributed by atoms with Crippen molar-refractivity contribution in [2.75, 3.05) is 13.2 Å². The standard InChI is InChI=1S/C13H29NO2Si/c1-11(15)14-9-13(5,6)10-16-17(7,8)12(2,3)4/h9-10H2,1-8H3,(H,14,15). The van der Waals surface area contributed by atoms with E-state index in [9.17, 15) is 4.79 Å². The molecule has 0 bridgehead atoms. The number of carbonyl (C=O) groups is 1. The Kier molecular flexibility index (Phi) is 5.41. The van der Waals surface area contributed by atoms with Gasteiger partial charge in [0.15, 0.2) is 8.32 Å². The molecule has 1 N–H and O–H groups in total. The third kappa shape index (κ3) is 6.22. The van der Waals surface area contributed by atoms with E-state index in [1.807, 2.05) is 0 Å². The number of amides is 1. The van der Waals surface area contributed by atoms with E-state index in [0.29, 0.717) is 13.2 Å². The van der Waals surface area contributed by atoms with Crippen molar-refractivity contribution in [1.29, 1.82) is 0 Å². The second-order valence-corrected chi connectivity index (χ2v) is 11.9. The topological polar surface area (TPSA) is 38.3 Å². The fraction of sp³-hybridized carbons (Fsp3) is 0.923. The van der Waals surface area contributed by atoms with E-state index in [0.717, 1.165) is 0 Å². The molecule has 1 amide bonds. The quantitative estimate of drug-likeness (QED) is 0.770. The van der Waals surface area contributed by atoms with Crippen molar-refractivity contribution in [3.8, 4) is 0 Å². The maximum Gasteiger partial charge on any atom is 0.216 e. The number of hydrogen-bond donors (Lipinski definition) is 1. The largest absolute Gasteiger partial charge is 0.416 e. The Morgan fingerprint density at radius 2 is 1.65 bits per heavy atom. The van der Waals surface area contributed by atoms with Gasteiger partial charge in [-0.25, -0.2) is 0 Å². The average Bonchev–Trinajstić information content (AvgIpc) is 2.11. The van der Waals surface area contributed by atoms with Gasteiger partial charge in [-0.1, -0.05) is 34.6 Å². The zero-order valence-corrected chi connectivity index (χ0v) is 13.7. The highest BCUT2D eigenvalue weighted by molar-refractivity contribution is 6.74. The Labute approximate surface area is 107 Å². The molecule has 0 heterocycles. The SMILES string of the molecule is CC(=O)NCC(C)(C)CO[Si](C)(C)C(C)(C)C. The molecule has 0 atom stereocenters. The van der Waals surface area contributed by atoms with Crippen LogP contribution in [0.5, 0.6) is 0 Å². The molecule has 0 aromatic heterocycles. The first-order chi connectivity index (χ1) is 7.37. The fourth-order valence-electron chi connectivity index (χ4n) is 1.01. The van der Waals surface area contributed by atoms with Gasteiger partial charge in [-0.15, -0.1) is 0 Å². The number of rotatable bonds is 5. The highest BCUT2D eigenvalue weighted by atomic mass is 28.4. The summed E-state index contributed by atoms with van der Waals surface area (Å²) in [7, 11) is -1.68. The summed E-state index contributed by atoms with van der Waals surface area (Å²) in [5, 5.41) is 3.09. The third-order valence-corrected chi connectivity index (χ3v) is 7.92. The zero-order valence-electron chi connectivity index (χ0n) is 12.7. The molecule has 0 saturated carbocycles. The van der Waals surface area contributed by atoms with Gasteiger partial charge in [-0.2, -0.15) is 0 Å². The normalized spacial score (nSPS) is 13.6. The van der Waals surface area contributed by atoms with E-state index in [-0.39, 0.29) is 16.4 Å². The van der Waals surface area contributed by atoms with Gasteiger partial charge in [-0.3, -0.25) is 4.79 Å². The van der Waals surface area contributed by atoms with Crippen LogP contribution in [0.3, 0.4) is 0 Å². The van der Waals surface area contributed by atoms with Crippen molar-refractivity contribution in [3.05, 3.63) is 0 Å². The molecule has 0 saturated heterocycles. The smallest absolute Gasteiger partial charge is 0.216 e. The predicted octanol–water partition coefficient (Wildman–Crippen LogP) is 3.17. The molecule has 0 unspecified atom stereocenters. The summed E-state index contributed by atoms with van der Waals surface area (Å²) in [6.07, 6.45) is 0. The van der Waals surface area contributed by atoms with E-state index >= 15 is 0 Å². The molecule has 0 aliphatic carbocycles. The molecule has 0 fully saturated rings. The fourth-order valence-corrected chi connectivity index (χ4v) is 2.19. The maximum absolute atomic E-state index is 10.9. The van der Waals surface area contributed by atoms with Gasteiger partial charge < -0.3 is 9.74 Å². The molecular weight excluding hydrogens is 230 g/mol. The lowest BCUT2D eigenvalue weighted by molar-refractivity contribution is -0.119. The molecule has 0 aliphatic heterocycles. The summed E-state index contributed by atoms with van der Waals surface area (Å²) >= 11 is 0. The molecule has 3 nitrogen and oxygen atoms in total. The summed E-state index contributed by atoms with van der Waals surface area (Å²) in [5.74, 6) is 0.0189. The number of nitrogens with one attached hydrogen (secondary N) is 1. The Hall–Kier alpha value is -0.353. The maximum atomic E-state index is 10.9. The first kappa shape index (κ1) is 16.6. The molecule has 0 rings (SSSR count). The molecule has 0 aromatic rings. The van der Waals surface area contributed by atoms with Crippen LogP contribution in [0, 0.1) is 5.41 Å². The van der Waals surface area contributed by atoms with Gasteiger partial charge in [0.05, 0.1) is 0 Å². The van der Waals surface area contributed by atoms with E-state index in [2.05, 4.69) is 53.0 Å². The van der Waals surface area contributed by atoms with Crippen molar-refractivity contribution in [2.45, 2.75) is 59.7 Å². The van der Waals surface area contributed by atoms with Crippen LogP contribution in [-0.4, -0.2) is 27.4 Å². The van der Waals surface area contributed by atoms with Gasteiger partial charge in [0.1, 0.15) is 0 Å². The average molecular weight is 259 g/mol. The summed E-state index contributed by atoms with van der Waals surface area (Å²) in [4.78, 5) is 10.9. The van der Waals surface area contributed by atoms with Gasteiger partial charge in [0, 0.05) is 25.5 Å². The minimum absolute atomic E-state index is 0.0127. The Morgan fingerprint density at radius 1 is 1.18 bits per heavy atom. The summed E-state index contributed by atoms with van der Waals surface area (Å²) in [6, 6.07) is 0. The van der Waals surface area contributed by atoms with Gasteiger partial charge in [0.25, 0.3) is 0 Å². The van der Waals surface area contributed by atoms with E-state index in [1.54, 1.807) is 6.92 Å². The Balaban J connectivity index is 4.31. The lowest BCUT2D eigenvalue weighted by Gasteiger charge is -2.39. The van der Waals surface area contributed by atoms with Gasteiger partial charge in [0.2, 0.25) is 5.91 Å². The molecule has 0 aliphatic rings. The van der Waals surface area contributed by atoms with Crippen molar-refractivity contribution in [1.82, 2.24) is 5.32 Å². The lowest BCUT2D eigenvalue weighted by atomic mass is 9.95. The third-order valence-electron chi connectivity index (χ3n) is 3.45. The Bertz CT molecular complexity index is 267. The van der Waals surface area contributed by atoms with Crippen LogP contribution in [0.2, 0.25) is 18.1 Å². The van der Waals surface area contributed by atoms with Crippen LogP contribution in [0.25, 0.3) is 0 Å². The molecular formula is C13H29NO2Si. The van der Waals surface area contributed by atoms with E-state index < -0.39 is 8.32 Å². The highest BCUT2D eigenvalue weighted by Gasteiger charge is 2.38. The minimum atomic E-state index is -1.68. The molecule has 17 heavy (non-hydrogen) atoms. The van der Waals surface area contributed by atoms with Crippen molar-refractivity contribution < 1.29 is 9.22 Å². The lowest BCUT2D eigenvalue weighted by Crippen LogP contribution is -2.45. The second kappa shape index (κ2) is 5.53. The van der Waals surface area contributed by atoms with Crippen LogP contribution in [0.1, 0.15) is 41.5 Å². The van der Waals surface area contributed by atoms with Crippen molar-refractivity contribution in [3.63, 3.8) is 0 Å². The van der Waals surface area contributed by atoms with Crippen molar-refractivity contribution in [2.24, 2.45) is 5.41 Å². The van der Waals surface area contributed by atoms with Crippen LogP contribution >= 0.6 is 0 Å². The van der Waals surface area contributed by atoms with E-state index in [1.165, 1.54) is 0 Å². The van der Waals surface area contributed by atoms with Crippen LogP contribution in [0.4, 0.5) is 0 Å². The first-order valence-electron chi connectivity index (χ1n) is 6.26. The van der Waals surface area contributed by atoms with Crippen LogP contribution in [-0.2, 0) is 9.22 Å². The minimum Gasteiger partial charge on any atom is -0.416 e. The Morgan fingerprint density at radius 3 is 2.00 bits per heavy atom. The number of carbonyl (C=O) groups excluding carboxylic acids is 1. The second-order valence-electron chi connectivity index (χ2n) is 7.12. The summed E-state index contributed by atoms with van der Waals surface area (Å²) in [6.45, 7) is 18.4. The molecule has 0 radical (unpaired) electrons. The van der Waals surface area contributed by atoms with Crippen molar-refractivity contribution >= 4 is 14.2 Å². The zero-order chi connectivity index (χ0) is 13.9. The number of hydrogen-bond acceptors (Lipinski definition) is 2. The van der Waals surface area contributed by atoms with Crippen LogP contribution in [0.15, 0.2) is 0 Å². The molecule has 4 heteroatoms.